The molecule has 5 nitrogen and oxygen atoms in total. The first-order valence-electron chi connectivity index (χ1n) is 7.76. The number of hydrogen-bond donors (Lipinski definition) is 3. The van der Waals surface area contributed by atoms with E-state index < -0.39 is 0 Å². The maximum Gasteiger partial charge on any atom is 0.221 e. The molecule has 0 aliphatic heterocycles. The van der Waals surface area contributed by atoms with Crippen LogP contribution in [0.15, 0.2) is 30.5 Å². The summed E-state index contributed by atoms with van der Waals surface area (Å²) in [6.07, 6.45) is 5.11. The third kappa shape index (κ3) is 3.36. The molecule has 0 saturated heterocycles. The molecule has 1 heterocycles. The number of benzene rings is 1. The molecular formula is C17H22N4O. The Bertz CT molecular complexity index is 664. The normalized spacial score (nSPS) is 18.5. The van der Waals surface area contributed by atoms with Crippen molar-refractivity contribution in [3.05, 3.63) is 47.3 Å². The number of carbonyl (C=O) groups is 1. The molecule has 5 heteroatoms. The Balaban J connectivity index is 1.65. The van der Waals surface area contributed by atoms with Crippen molar-refractivity contribution in [2.45, 2.75) is 45.2 Å². The lowest BCUT2D eigenvalue weighted by Gasteiger charge is -2.27. The number of H-pyrrole nitrogens is 1. The standard InChI is InChI=1S/C17H22N4O/c1-11(13-4-3-5-15(8-13)20-12(2)22)19-16-6-7-17-14(9-16)10-18-21-17/h3-5,8,10-11,16,19H,6-7,9H2,1-2H3,(H,18,21)(H,20,22)/t11-,16+/m1/s1. The highest BCUT2D eigenvalue weighted by Crippen LogP contribution is 2.23. The van der Waals surface area contributed by atoms with Crippen molar-refractivity contribution in [1.29, 1.82) is 0 Å². The van der Waals surface area contributed by atoms with E-state index in [-0.39, 0.29) is 11.9 Å². The number of fused-ring (bicyclic) bond motifs is 1. The van der Waals surface area contributed by atoms with Gasteiger partial charge in [0.15, 0.2) is 0 Å². The van der Waals surface area contributed by atoms with Crippen LogP contribution in [-0.2, 0) is 17.6 Å². The van der Waals surface area contributed by atoms with E-state index in [1.807, 2.05) is 24.4 Å². The topological polar surface area (TPSA) is 69.8 Å². The fraction of sp³-hybridized carbons (Fsp3) is 0.412. The number of aromatic amines is 1. The number of aryl methyl sites for hydroxylation is 1. The van der Waals surface area contributed by atoms with Crippen LogP contribution in [0.25, 0.3) is 0 Å². The van der Waals surface area contributed by atoms with E-state index in [1.165, 1.54) is 23.7 Å². The molecular weight excluding hydrogens is 276 g/mol. The van der Waals surface area contributed by atoms with Gasteiger partial charge in [-0.1, -0.05) is 12.1 Å². The Morgan fingerprint density at radius 1 is 1.45 bits per heavy atom. The number of amides is 1. The fourth-order valence-electron chi connectivity index (χ4n) is 3.10. The highest BCUT2D eigenvalue weighted by Gasteiger charge is 2.21. The average molecular weight is 298 g/mol. The molecule has 116 valence electrons. The quantitative estimate of drug-likeness (QED) is 0.812. The molecule has 2 aromatic rings. The van der Waals surface area contributed by atoms with Crippen molar-refractivity contribution >= 4 is 11.6 Å². The van der Waals surface area contributed by atoms with E-state index in [9.17, 15) is 4.79 Å². The first-order valence-corrected chi connectivity index (χ1v) is 7.76. The van der Waals surface area contributed by atoms with Crippen molar-refractivity contribution in [1.82, 2.24) is 15.5 Å². The molecule has 0 spiro atoms. The van der Waals surface area contributed by atoms with Gasteiger partial charge in [0.1, 0.15) is 0 Å². The molecule has 1 amide bonds. The second kappa shape index (κ2) is 6.32. The molecule has 1 aromatic carbocycles. The van der Waals surface area contributed by atoms with E-state index in [4.69, 9.17) is 0 Å². The Hall–Kier alpha value is -2.14. The first kappa shape index (κ1) is 14.8. The Morgan fingerprint density at radius 2 is 2.32 bits per heavy atom. The van der Waals surface area contributed by atoms with Gasteiger partial charge in [0.25, 0.3) is 0 Å². The minimum atomic E-state index is -0.0440. The summed E-state index contributed by atoms with van der Waals surface area (Å²) >= 11 is 0. The van der Waals surface area contributed by atoms with Crippen LogP contribution >= 0.6 is 0 Å². The van der Waals surface area contributed by atoms with E-state index >= 15 is 0 Å². The number of aromatic nitrogens is 2. The van der Waals surface area contributed by atoms with Crippen LogP contribution < -0.4 is 10.6 Å². The number of nitrogens with one attached hydrogen (secondary N) is 3. The Labute approximate surface area is 130 Å². The smallest absolute Gasteiger partial charge is 0.221 e. The van der Waals surface area contributed by atoms with E-state index in [1.54, 1.807) is 0 Å². The zero-order valence-corrected chi connectivity index (χ0v) is 13.0. The molecule has 22 heavy (non-hydrogen) atoms. The summed E-state index contributed by atoms with van der Waals surface area (Å²) in [6, 6.07) is 8.72. The van der Waals surface area contributed by atoms with E-state index in [0.29, 0.717) is 6.04 Å². The minimum Gasteiger partial charge on any atom is -0.326 e. The number of rotatable bonds is 4. The number of nitrogens with zero attached hydrogens (tertiary/aromatic N) is 1. The second-order valence-electron chi connectivity index (χ2n) is 6.01. The minimum absolute atomic E-state index is 0.0440. The lowest BCUT2D eigenvalue weighted by Crippen LogP contribution is -2.36. The van der Waals surface area contributed by atoms with Gasteiger partial charge in [0.05, 0.1) is 6.20 Å². The Kier molecular flexibility index (Phi) is 4.24. The average Bonchev–Trinajstić information content (AvgIpc) is 2.94. The third-order valence-electron chi connectivity index (χ3n) is 4.21. The summed E-state index contributed by atoms with van der Waals surface area (Å²) in [4.78, 5) is 11.2. The highest BCUT2D eigenvalue weighted by molar-refractivity contribution is 5.88. The monoisotopic (exact) mass is 298 g/mol. The molecule has 2 atom stereocenters. The summed E-state index contributed by atoms with van der Waals surface area (Å²) in [5.41, 5.74) is 4.63. The van der Waals surface area contributed by atoms with Gasteiger partial charge in [-0.15, -0.1) is 0 Å². The first-order chi connectivity index (χ1) is 10.6. The van der Waals surface area contributed by atoms with Gasteiger partial charge in [0.2, 0.25) is 5.91 Å². The molecule has 3 N–H and O–H groups in total. The molecule has 1 aliphatic rings. The van der Waals surface area contributed by atoms with Gasteiger partial charge < -0.3 is 10.6 Å². The van der Waals surface area contributed by atoms with Crippen molar-refractivity contribution in [2.24, 2.45) is 0 Å². The molecule has 0 fully saturated rings. The van der Waals surface area contributed by atoms with Crippen LogP contribution in [0.3, 0.4) is 0 Å². The summed E-state index contributed by atoms with van der Waals surface area (Å²) in [5.74, 6) is -0.0440. The van der Waals surface area contributed by atoms with Crippen molar-refractivity contribution in [2.75, 3.05) is 5.32 Å². The predicted octanol–water partition coefficient (Wildman–Crippen LogP) is 2.58. The third-order valence-corrected chi connectivity index (χ3v) is 4.21. The van der Waals surface area contributed by atoms with E-state index in [0.717, 1.165) is 24.9 Å². The van der Waals surface area contributed by atoms with E-state index in [2.05, 4.69) is 33.8 Å². The van der Waals surface area contributed by atoms with Crippen molar-refractivity contribution in [3.63, 3.8) is 0 Å². The zero-order valence-electron chi connectivity index (χ0n) is 13.0. The van der Waals surface area contributed by atoms with Gasteiger partial charge in [-0.2, -0.15) is 5.10 Å². The van der Waals surface area contributed by atoms with Gasteiger partial charge in [-0.05, 0) is 49.4 Å². The summed E-state index contributed by atoms with van der Waals surface area (Å²) < 4.78 is 0. The highest BCUT2D eigenvalue weighted by atomic mass is 16.1. The van der Waals surface area contributed by atoms with Crippen LogP contribution in [-0.4, -0.2) is 22.1 Å². The lowest BCUT2D eigenvalue weighted by molar-refractivity contribution is -0.114. The summed E-state index contributed by atoms with van der Waals surface area (Å²) in [7, 11) is 0. The van der Waals surface area contributed by atoms with Gasteiger partial charge >= 0.3 is 0 Å². The molecule has 1 aromatic heterocycles. The van der Waals surface area contributed by atoms with Gasteiger partial charge in [0, 0.05) is 30.4 Å². The van der Waals surface area contributed by atoms with Crippen LogP contribution in [0.2, 0.25) is 0 Å². The lowest BCUT2D eigenvalue weighted by atomic mass is 9.92. The number of hydrogen-bond acceptors (Lipinski definition) is 3. The SMILES string of the molecule is CC(=O)Nc1cccc([C@@H](C)N[C@H]2CCc3[nH]ncc3C2)c1. The molecule has 0 unspecified atom stereocenters. The van der Waals surface area contributed by atoms with Crippen LogP contribution in [0.1, 0.15) is 43.1 Å². The molecule has 0 bridgehead atoms. The maximum atomic E-state index is 11.2. The van der Waals surface area contributed by atoms with Gasteiger partial charge in [-0.3, -0.25) is 9.89 Å². The molecule has 0 saturated carbocycles. The zero-order chi connectivity index (χ0) is 15.5. The van der Waals surface area contributed by atoms with Gasteiger partial charge in [-0.25, -0.2) is 0 Å². The van der Waals surface area contributed by atoms with Crippen molar-refractivity contribution in [3.8, 4) is 0 Å². The molecule has 3 rings (SSSR count). The number of anilines is 1. The maximum absolute atomic E-state index is 11.2. The number of carbonyl (C=O) groups excluding carboxylic acids is 1. The fourth-order valence-corrected chi connectivity index (χ4v) is 3.10. The molecule has 0 radical (unpaired) electrons. The second-order valence-corrected chi connectivity index (χ2v) is 6.01. The van der Waals surface area contributed by atoms with Crippen molar-refractivity contribution < 1.29 is 4.79 Å². The molecule has 1 aliphatic carbocycles. The Morgan fingerprint density at radius 3 is 3.14 bits per heavy atom. The van der Waals surface area contributed by atoms with Crippen LogP contribution in [0.4, 0.5) is 5.69 Å². The largest absolute Gasteiger partial charge is 0.326 e. The van der Waals surface area contributed by atoms with Crippen LogP contribution in [0, 0.1) is 0 Å². The summed E-state index contributed by atoms with van der Waals surface area (Å²) in [5, 5.41) is 13.7. The summed E-state index contributed by atoms with van der Waals surface area (Å²) in [6.45, 7) is 3.69. The predicted molar refractivity (Wildman–Crippen MR) is 86.7 cm³/mol. The van der Waals surface area contributed by atoms with Crippen LogP contribution in [0.5, 0.6) is 0 Å².